The van der Waals surface area contributed by atoms with Gasteiger partial charge in [-0.1, -0.05) is 26.0 Å². The Morgan fingerprint density at radius 3 is 2.30 bits per heavy atom. The second-order valence-electron chi connectivity index (χ2n) is 5.58. The van der Waals surface area contributed by atoms with Crippen LogP contribution in [0.2, 0.25) is 0 Å². The van der Waals surface area contributed by atoms with Gasteiger partial charge in [-0.15, -0.1) is 0 Å². The first-order valence-corrected chi connectivity index (χ1v) is 8.31. The van der Waals surface area contributed by atoms with E-state index in [0.29, 0.717) is 19.4 Å². The molecule has 1 aliphatic heterocycles. The highest BCUT2D eigenvalue weighted by molar-refractivity contribution is 6.15. The van der Waals surface area contributed by atoms with Crippen LogP contribution in [0.3, 0.4) is 0 Å². The van der Waals surface area contributed by atoms with Gasteiger partial charge in [0.25, 0.3) is 0 Å². The third-order valence-electron chi connectivity index (χ3n) is 4.46. The summed E-state index contributed by atoms with van der Waals surface area (Å²) in [5, 5.41) is 0. The fourth-order valence-electron chi connectivity index (χ4n) is 3.02. The number of carbonyl (C=O) groups is 2. The Balaban J connectivity index is 0.000000924. The summed E-state index contributed by atoms with van der Waals surface area (Å²) in [6.07, 6.45) is 1.15. The van der Waals surface area contributed by atoms with Gasteiger partial charge >= 0.3 is 0 Å². The first-order chi connectivity index (χ1) is 11.1. The molecule has 3 rings (SSSR count). The number of amides is 2. The van der Waals surface area contributed by atoms with Crippen molar-refractivity contribution in [1.29, 1.82) is 0 Å². The van der Waals surface area contributed by atoms with E-state index in [1.807, 2.05) is 38.1 Å². The number of benzene rings is 1. The Kier molecular flexibility index (Phi) is 5.26. The Morgan fingerprint density at radius 2 is 1.78 bits per heavy atom. The van der Waals surface area contributed by atoms with Crippen LogP contribution in [0.1, 0.15) is 33.6 Å². The molecular weight excluding hydrogens is 292 g/mol. The lowest BCUT2D eigenvalue weighted by Gasteiger charge is -2.38. The SMILES string of the molecule is CC.CCN1CCN(C(=O)C2(C(=O)NN)CC2)c2ccccc21. The number of hydrogen-bond donors (Lipinski definition) is 2. The van der Waals surface area contributed by atoms with Crippen molar-refractivity contribution in [3.63, 3.8) is 0 Å². The van der Waals surface area contributed by atoms with E-state index in [4.69, 9.17) is 5.84 Å². The molecule has 0 bridgehead atoms. The molecule has 0 spiro atoms. The lowest BCUT2D eigenvalue weighted by molar-refractivity contribution is -0.135. The Morgan fingerprint density at radius 1 is 1.17 bits per heavy atom. The van der Waals surface area contributed by atoms with Crippen molar-refractivity contribution in [3.8, 4) is 0 Å². The number of anilines is 2. The molecule has 0 saturated heterocycles. The zero-order valence-corrected chi connectivity index (χ0v) is 14.1. The third-order valence-corrected chi connectivity index (χ3v) is 4.46. The molecule has 2 amide bonds. The summed E-state index contributed by atoms with van der Waals surface area (Å²) in [4.78, 5) is 28.7. The molecule has 6 nitrogen and oxygen atoms in total. The quantitative estimate of drug-likeness (QED) is 0.384. The highest BCUT2D eigenvalue weighted by atomic mass is 16.2. The van der Waals surface area contributed by atoms with Crippen molar-refractivity contribution in [2.24, 2.45) is 11.3 Å². The number of hydrogen-bond acceptors (Lipinski definition) is 4. The predicted octanol–water partition coefficient (Wildman–Crippen LogP) is 1.66. The van der Waals surface area contributed by atoms with E-state index in [2.05, 4.69) is 17.2 Å². The third kappa shape index (κ3) is 2.91. The second-order valence-corrected chi connectivity index (χ2v) is 5.58. The van der Waals surface area contributed by atoms with E-state index >= 15 is 0 Å². The first-order valence-electron chi connectivity index (χ1n) is 8.31. The van der Waals surface area contributed by atoms with Crippen molar-refractivity contribution in [3.05, 3.63) is 24.3 Å². The normalized spacial score (nSPS) is 17.6. The van der Waals surface area contributed by atoms with Crippen LogP contribution in [0.25, 0.3) is 0 Å². The van der Waals surface area contributed by atoms with Crippen LogP contribution in [0.15, 0.2) is 24.3 Å². The molecule has 1 fully saturated rings. The second kappa shape index (κ2) is 7.00. The van der Waals surface area contributed by atoms with Gasteiger partial charge in [-0.05, 0) is 31.9 Å². The fourth-order valence-corrected chi connectivity index (χ4v) is 3.02. The van der Waals surface area contributed by atoms with Gasteiger partial charge in [0.05, 0.1) is 11.4 Å². The number of rotatable bonds is 3. The summed E-state index contributed by atoms with van der Waals surface area (Å²) in [6, 6.07) is 7.84. The molecule has 1 aromatic rings. The van der Waals surface area contributed by atoms with Crippen LogP contribution in [-0.2, 0) is 9.59 Å². The molecule has 0 unspecified atom stereocenters. The molecule has 1 heterocycles. The molecule has 126 valence electrons. The Bertz CT molecular complexity index is 584. The molecule has 0 atom stereocenters. The fraction of sp³-hybridized carbons (Fsp3) is 0.529. The monoisotopic (exact) mass is 318 g/mol. The minimum atomic E-state index is -0.948. The average molecular weight is 318 g/mol. The minimum Gasteiger partial charge on any atom is -0.368 e. The number of hydrazine groups is 1. The molecule has 1 saturated carbocycles. The lowest BCUT2D eigenvalue weighted by atomic mass is 10.0. The largest absolute Gasteiger partial charge is 0.368 e. The maximum atomic E-state index is 12.8. The van der Waals surface area contributed by atoms with Gasteiger partial charge in [0.2, 0.25) is 11.8 Å². The Labute approximate surface area is 137 Å². The molecule has 1 aliphatic carbocycles. The maximum Gasteiger partial charge on any atom is 0.249 e. The van der Waals surface area contributed by atoms with Crippen molar-refractivity contribution >= 4 is 23.2 Å². The molecule has 6 heteroatoms. The highest BCUT2D eigenvalue weighted by Gasteiger charge is 2.58. The summed E-state index contributed by atoms with van der Waals surface area (Å²) in [5.74, 6) is 4.72. The number of para-hydroxylation sites is 2. The van der Waals surface area contributed by atoms with Crippen LogP contribution in [0.4, 0.5) is 11.4 Å². The summed E-state index contributed by atoms with van der Waals surface area (Å²) < 4.78 is 0. The van der Waals surface area contributed by atoms with Crippen LogP contribution in [-0.4, -0.2) is 31.4 Å². The molecule has 1 aromatic carbocycles. The summed E-state index contributed by atoms with van der Waals surface area (Å²) >= 11 is 0. The minimum absolute atomic E-state index is 0.131. The average Bonchev–Trinajstić information content (AvgIpc) is 3.43. The number of carbonyl (C=O) groups excluding carboxylic acids is 2. The molecule has 0 aromatic heterocycles. The van der Waals surface area contributed by atoms with Gasteiger partial charge in [0, 0.05) is 19.6 Å². The van der Waals surface area contributed by atoms with Crippen LogP contribution in [0, 0.1) is 5.41 Å². The van der Waals surface area contributed by atoms with Gasteiger partial charge in [-0.2, -0.15) is 0 Å². The van der Waals surface area contributed by atoms with Gasteiger partial charge < -0.3 is 9.80 Å². The molecule has 0 radical (unpaired) electrons. The first kappa shape index (κ1) is 17.3. The van der Waals surface area contributed by atoms with Crippen molar-refractivity contribution in [2.45, 2.75) is 33.6 Å². The smallest absolute Gasteiger partial charge is 0.249 e. The van der Waals surface area contributed by atoms with Gasteiger partial charge in [0.15, 0.2) is 0 Å². The van der Waals surface area contributed by atoms with Crippen molar-refractivity contribution < 1.29 is 9.59 Å². The summed E-state index contributed by atoms with van der Waals surface area (Å²) in [7, 11) is 0. The molecular formula is C17H26N4O2. The summed E-state index contributed by atoms with van der Waals surface area (Å²) in [5.41, 5.74) is 3.11. The van der Waals surface area contributed by atoms with Gasteiger partial charge in [-0.3, -0.25) is 15.0 Å². The highest BCUT2D eigenvalue weighted by Crippen LogP contribution is 2.49. The number of fused-ring (bicyclic) bond motifs is 1. The standard InChI is InChI=1S/C15H20N4O2.C2H6/c1-2-18-9-10-19(12-6-4-3-5-11(12)18)14(21)15(7-8-15)13(20)17-16;1-2/h3-6H,2,7-10,16H2,1H3,(H,17,20);1-2H3. The predicted molar refractivity (Wildman–Crippen MR) is 92.0 cm³/mol. The van der Waals surface area contributed by atoms with E-state index in [9.17, 15) is 9.59 Å². The zero-order chi connectivity index (χ0) is 17.0. The van der Waals surface area contributed by atoms with Crippen LogP contribution >= 0.6 is 0 Å². The number of nitrogens with zero attached hydrogens (tertiary/aromatic N) is 2. The molecule has 2 aliphatic rings. The van der Waals surface area contributed by atoms with Crippen molar-refractivity contribution in [1.82, 2.24) is 5.43 Å². The lowest BCUT2D eigenvalue weighted by Crippen LogP contribution is -2.51. The number of nitrogens with two attached hydrogens (primary N) is 1. The van der Waals surface area contributed by atoms with Crippen LogP contribution < -0.4 is 21.1 Å². The van der Waals surface area contributed by atoms with E-state index in [1.165, 1.54) is 0 Å². The van der Waals surface area contributed by atoms with Crippen LogP contribution in [0.5, 0.6) is 0 Å². The van der Waals surface area contributed by atoms with Crippen molar-refractivity contribution in [2.75, 3.05) is 29.4 Å². The van der Waals surface area contributed by atoms with Gasteiger partial charge in [0.1, 0.15) is 5.41 Å². The van der Waals surface area contributed by atoms with E-state index in [1.54, 1.807) is 4.90 Å². The van der Waals surface area contributed by atoms with Gasteiger partial charge in [-0.25, -0.2) is 5.84 Å². The Hall–Kier alpha value is -2.08. The van der Waals surface area contributed by atoms with E-state index < -0.39 is 5.41 Å². The van der Waals surface area contributed by atoms with E-state index in [0.717, 1.165) is 24.5 Å². The zero-order valence-electron chi connectivity index (χ0n) is 14.1. The van der Waals surface area contributed by atoms with E-state index in [-0.39, 0.29) is 11.8 Å². The molecule has 3 N–H and O–H groups in total. The topological polar surface area (TPSA) is 78.7 Å². The summed E-state index contributed by atoms with van der Waals surface area (Å²) in [6.45, 7) is 8.37. The maximum absolute atomic E-state index is 12.8. The number of nitrogens with one attached hydrogen (secondary N) is 1. The number of likely N-dealkylation sites (N-methyl/N-ethyl adjacent to an activating group) is 1. The molecule has 23 heavy (non-hydrogen) atoms.